The van der Waals surface area contributed by atoms with Crippen molar-refractivity contribution in [3.8, 4) is 0 Å². The van der Waals surface area contributed by atoms with Crippen LogP contribution < -0.4 is 16.0 Å². The van der Waals surface area contributed by atoms with E-state index in [9.17, 15) is 0 Å². The number of fused-ring (bicyclic) bond motifs is 1. The van der Waals surface area contributed by atoms with E-state index in [0.717, 1.165) is 23.8 Å². The van der Waals surface area contributed by atoms with Gasteiger partial charge in [0.15, 0.2) is 0 Å². The lowest BCUT2D eigenvalue weighted by molar-refractivity contribution is 1.01. The van der Waals surface area contributed by atoms with Crippen LogP contribution in [0.4, 0.5) is 11.4 Å². The minimum absolute atomic E-state index is 0.771. The Balaban J connectivity index is 2.41. The van der Waals surface area contributed by atoms with Gasteiger partial charge >= 0.3 is 0 Å². The monoisotopic (exact) mass is 215 g/mol. The predicted molar refractivity (Wildman–Crippen MR) is 69.1 cm³/mol. The SMILES string of the molecule is C/C=C\C(=C(/C)N)N1CNc2ccccc21. The van der Waals surface area contributed by atoms with Crippen molar-refractivity contribution in [2.24, 2.45) is 5.73 Å². The number of benzene rings is 1. The van der Waals surface area contributed by atoms with Crippen LogP contribution in [0, 0.1) is 0 Å². The average molecular weight is 215 g/mol. The van der Waals surface area contributed by atoms with Crippen LogP contribution in [0.3, 0.4) is 0 Å². The van der Waals surface area contributed by atoms with Crippen molar-refractivity contribution in [1.29, 1.82) is 0 Å². The van der Waals surface area contributed by atoms with Crippen molar-refractivity contribution >= 4 is 11.4 Å². The highest BCUT2D eigenvalue weighted by Crippen LogP contribution is 2.33. The Morgan fingerprint density at radius 1 is 1.44 bits per heavy atom. The molecule has 1 aliphatic rings. The Morgan fingerprint density at radius 3 is 2.88 bits per heavy atom. The van der Waals surface area contributed by atoms with Gasteiger partial charge in [0.2, 0.25) is 0 Å². The van der Waals surface area contributed by atoms with Crippen LogP contribution in [0.2, 0.25) is 0 Å². The van der Waals surface area contributed by atoms with E-state index in [2.05, 4.69) is 22.3 Å². The Kier molecular flexibility index (Phi) is 2.86. The molecule has 0 aliphatic carbocycles. The van der Waals surface area contributed by atoms with Crippen molar-refractivity contribution in [3.63, 3.8) is 0 Å². The maximum Gasteiger partial charge on any atom is 0.0927 e. The first kappa shape index (κ1) is 10.6. The fraction of sp³-hybridized carbons (Fsp3) is 0.231. The van der Waals surface area contributed by atoms with Gasteiger partial charge in [-0.2, -0.15) is 0 Å². The third-order valence-electron chi connectivity index (χ3n) is 2.64. The molecule has 1 aromatic carbocycles. The number of nitrogens with one attached hydrogen (secondary N) is 1. The molecule has 1 aromatic rings. The standard InChI is InChI=1S/C13H17N3/c1-3-6-12(10(2)14)16-9-15-11-7-4-5-8-13(11)16/h3-8,15H,9,14H2,1-2H3/b6-3-,12-10-. The van der Waals surface area contributed by atoms with Gasteiger partial charge in [0, 0.05) is 5.70 Å². The number of hydrogen-bond donors (Lipinski definition) is 2. The lowest BCUT2D eigenvalue weighted by Crippen LogP contribution is -2.23. The van der Waals surface area contributed by atoms with E-state index in [1.807, 2.05) is 38.1 Å². The highest BCUT2D eigenvalue weighted by Gasteiger charge is 2.20. The zero-order valence-electron chi connectivity index (χ0n) is 9.70. The topological polar surface area (TPSA) is 41.3 Å². The zero-order chi connectivity index (χ0) is 11.5. The number of allylic oxidation sites excluding steroid dienone is 3. The van der Waals surface area contributed by atoms with Crippen molar-refractivity contribution in [2.75, 3.05) is 16.9 Å². The van der Waals surface area contributed by atoms with Crippen LogP contribution in [-0.4, -0.2) is 6.67 Å². The van der Waals surface area contributed by atoms with Crippen LogP contribution in [0.1, 0.15) is 13.8 Å². The molecule has 0 amide bonds. The van der Waals surface area contributed by atoms with Gasteiger partial charge in [-0.05, 0) is 32.1 Å². The molecule has 3 N–H and O–H groups in total. The summed E-state index contributed by atoms with van der Waals surface area (Å²) < 4.78 is 0. The molecule has 0 saturated carbocycles. The largest absolute Gasteiger partial charge is 0.401 e. The van der Waals surface area contributed by atoms with E-state index in [0.29, 0.717) is 0 Å². The number of nitrogens with two attached hydrogens (primary N) is 1. The molecule has 1 heterocycles. The summed E-state index contributed by atoms with van der Waals surface area (Å²) in [6.45, 7) is 4.70. The molecule has 0 unspecified atom stereocenters. The molecule has 0 saturated heterocycles. The highest BCUT2D eigenvalue weighted by molar-refractivity contribution is 5.77. The quantitative estimate of drug-likeness (QED) is 0.745. The molecule has 1 aliphatic heterocycles. The molecule has 0 fully saturated rings. The molecule has 0 aromatic heterocycles. The van der Waals surface area contributed by atoms with E-state index in [1.54, 1.807) is 0 Å². The highest BCUT2D eigenvalue weighted by atomic mass is 15.3. The summed E-state index contributed by atoms with van der Waals surface area (Å²) in [5.41, 5.74) is 10.1. The van der Waals surface area contributed by atoms with E-state index in [1.165, 1.54) is 5.69 Å². The molecule has 0 atom stereocenters. The average Bonchev–Trinajstić information content (AvgIpc) is 2.69. The van der Waals surface area contributed by atoms with Gasteiger partial charge in [-0.15, -0.1) is 0 Å². The molecule has 0 bridgehead atoms. The molecule has 2 rings (SSSR count). The predicted octanol–water partition coefficient (Wildman–Crippen LogP) is 2.64. The second kappa shape index (κ2) is 4.31. The zero-order valence-corrected chi connectivity index (χ0v) is 9.70. The second-order valence-electron chi connectivity index (χ2n) is 3.85. The van der Waals surface area contributed by atoms with Crippen molar-refractivity contribution in [2.45, 2.75) is 13.8 Å². The van der Waals surface area contributed by atoms with Gasteiger partial charge in [0.1, 0.15) is 0 Å². The molecule has 84 valence electrons. The van der Waals surface area contributed by atoms with Gasteiger partial charge < -0.3 is 16.0 Å². The lowest BCUT2D eigenvalue weighted by Gasteiger charge is -2.20. The van der Waals surface area contributed by atoms with Crippen LogP contribution in [-0.2, 0) is 0 Å². The lowest BCUT2D eigenvalue weighted by atomic mass is 10.2. The molecule has 0 spiro atoms. The molecule has 0 radical (unpaired) electrons. The van der Waals surface area contributed by atoms with E-state index in [-0.39, 0.29) is 0 Å². The third-order valence-corrected chi connectivity index (χ3v) is 2.64. The van der Waals surface area contributed by atoms with Gasteiger partial charge in [-0.25, -0.2) is 0 Å². The number of nitrogens with zero attached hydrogens (tertiary/aromatic N) is 1. The Morgan fingerprint density at radius 2 is 2.19 bits per heavy atom. The maximum atomic E-state index is 5.92. The summed E-state index contributed by atoms with van der Waals surface area (Å²) >= 11 is 0. The summed E-state index contributed by atoms with van der Waals surface area (Å²) in [7, 11) is 0. The summed E-state index contributed by atoms with van der Waals surface area (Å²) in [6, 6.07) is 8.25. The van der Waals surface area contributed by atoms with Gasteiger partial charge in [0.05, 0.1) is 23.7 Å². The summed E-state index contributed by atoms with van der Waals surface area (Å²) in [6.07, 6.45) is 4.05. The smallest absolute Gasteiger partial charge is 0.0927 e. The second-order valence-corrected chi connectivity index (χ2v) is 3.85. The van der Waals surface area contributed by atoms with Gasteiger partial charge in [-0.3, -0.25) is 0 Å². The van der Waals surface area contributed by atoms with Gasteiger partial charge in [0.25, 0.3) is 0 Å². The fourth-order valence-corrected chi connectivity index (χ4v) is 1.92. The first-order chi connectivity index (χ1) is 7.74. The van der Waals surface area contributed by atoms with E-state index < -0.39 is 0 Å². The summed E-state index contributed by atoms with van der Waals surface area (Å²) in [4.78, 5) is 2.19. The number of para-hydroxylation sites is 2. The minimum Gasteiger partial charge on any atom is -0.401 e. The van der Waals surface area contributed by atoms with Crippen molar-refractivity contribution in [1.82, 2.24) is 0 Å². The molecule has 3 heteroatoms. The van der Waals surface area contributed by atoms with E-state index >= 15 is 0 Å². The minimum atomic E-state index is 0.771. The maximum absolute atomic E-state index is 5.92. The van der Waals surface area contributed by atoms with E-state index in [4.69, 9.17) is 5.73 Å². The molecule has 16 heavy (non-hydrogen) atoms. The first-order valence-electron chi connectivity index (χ1n) is 5.43. The van der Waals surface area contributed by atoms with Crippen LogP contribution in [0.25, 0.3) is 0 Å². The van der Waals surface area contributed by atoms with Crippen LogP contribution in [0.15, 0.2) is 47.8 Å². The number of hydrogen-bond acceptors (Lipinski definition) is 3. The number of rotatable bonds is 2. The van der Waals surface area contributed by atoms with Crippen LogP contribution in [0.5, 0.6) is 0 Å². The van der Waals surface area contributed by atoms with Gasteiger partial charge in [-0.1, -0.05) is 18.2 Å². The third kappa shape index (κ3) is 1.76. The van der Waals surface area contributed by atoms with Crippen molar-refractivity contribution < 1.29 is 0 Å². The van der Waals surface area contributed by atoms with Crippen LogP contribution >= 0.6 is 0 Å². The Hall–Kier alpha value is -1.90. The summed E-state index contributed by atoms with van der Waals surface area (Å²) in [5.74, 6) is 0. The first-order valence-corrected chi connectivity index (χ1v) is 5.43. The molecular formula is C13H17N3. The van der Waals surface area contributed by atoms with Crippen molar-refractivity contribution in [3.05, 3.63) is 47.8 Å². The molecule has 3 nitrogen and oxygen atoms in total. The Labute approximate surface area is 96.3 Å². The normalized spacial score (nSPS) is 16.0. The molecular weight excluding hydrogens is 198 g/mol. The number of anilines is 2. The fourth-order valence-electron chi connectivity index (χ4n) is 1.92. The Bertz CT molecular complexity index is 442. The summed E-state index contributed by atoms with van der Waals surface area (Å²) in [5, 5.41) is 3.35.